The van der Waals surface area contributed by atoms with Gasteiger partial charge in [0, 0.05) is 24.0 Å². The smallest absolute Gasteiger partial charge is 0.254 e. The molecule has 0 saturated carbocycles. The van der Waals surface area contributed by atoms with Gasteiger partial charge in [-0.05, 0) is 42.0 Å². The molecule has 7 nitrogen and oxygen atoms in total. The molecule has 5 rings (SSSR count). The van der Waals surface area contributed by atoms with Crippen molar-refractivity contribution in [3.8, 4) is 11.5 Å². The highest BCUT2D eigenvalue weighted by Crippen LogP contribution is 2.17. The van der Waals surface area contributed by atoms with Crippen molar-refractivity contribution in [1.29, 1.82) is 0 Å². The number of aromatic nitrogens is 5. The highest BCUT2D eigenvalue weighted by atomic mass is 35.5. The lowest BCUT2D eigenvalue weighted by atomic mass is 10.2. The summed E-state index contributed by atoms with van der Waals surface area (Å²) in [5.74, 6) is 0.560. The molecule has 0 aliphatic rings. The standard InChI is InChI=1S/C23H17ClN6O/c24-18-4-3-5-19(10-18)30-14-17(13-28-30)23(31)26-12-16-8-9-22(25-11-16)29-15-27-20-6-1-2-7-21(20)29/h1-11,13-15H,12H2,(H,26,31). The summed E-state index contributed by atoms with van der Waals surface area (Å²) in [7, 11) is 0. The van der Waals surface area contributed by atoms with Crippen LogP contribution in [0.1, 0.15) is 15.9 Å². The van der Waals surface area contributed by atoms with E-state index < -0.39 is 0 Å². The van der Waals surface area contributed by atoms with Crippen molar-refractivity contribution < 1.29 is 4.79 Å². The molecule has 8 heteroatoms. The molecule has 0 spiro atoms. The molecule has 3 heterocycles. The Bertz CT molecular complexity index is 1370. The summed E-state index contributed by atoms with van der Waals surface area (Å²) in [6.07, 6.45) is 6.71. The zero-order valence-corrected chi connectivity index (χ0v) is 17.1. The summed E-state index contributed by atoms with van der Waals surface area (Å²) in [6.45, 7) is 0.360. The van der Waals surface area contributed by atoms with Crippen LogP contribution in [-0.2, 0) is 6.54 Å². The molecule has 0 aliphatic carbocycles. The van der Waals surface area contributed by atoms with E-state index in [2.05, 4.69) is 20.4 Å². The molecule has 0 unspecified atom stereocenters. The van der Waals surface area contributed by atoms with Gasteiger partial charge in [-0.25, -0.2) is 14.6 Å². The number of para-hydroxylation sites is 2. The van der Waals surface area contributed by atoms with Gasteiger partial charge in [-0.15, -0.1) is 0 Å². The Morgan fingerprint density at radius 2 is 1.90 bits per heavy atom. The van der Waals surface area contributed by atoms with Gasteiger partial charge in [0.15, 0.2) is 0 Å². The topological polar surface area (TPSA) is 77.6 Å². The van der Waals surface area contributed by atoms with Gasteiger partial charge >= 0.3 is 0 Å². The quantitative estimate of drug-likeness (QED) is 0.455. The number of benzene rings is 2. The first kappa shape index (κ1) is 19.0. The number of nitrogens with zero attached hydrogens (tertiary/aromatic N) is 5. The molecule has 1 amide bonds. The van der Waals surface area contributed by atoms with Crippen LogP contribution in [0, 0.1) is 0 Å². The number of hydrogen-bond acceptors (Lipinski definition) is 4. The lowest BCUT2D eigenvalue weighted by Crippen LogP contribution is -2.22. The average Bonchev–Trinajstić information content (AvgIpc) is 3.46. The maximum Gasteiger partial charge on any atom is 0.254 e. The van der Waals surface area contributed by atoms with Crippen LogP contribution in [0.25, 0.3) is 22.5 Å². The minimum atomic E-state index is -0.210. The third kappa shape index (κ3) is 3.91. The van der Waals surface area contributed by atoms with Gasteiger partial charge in [-0.2, -0.15) is 5.10 Å². The number of carbonyl (C=O) groups is 1. The number of pyridine rings is 1. The van der Waals surface area contributed by atoms with Crippen molar-refractivity contribution in [1.82, 2.24) is 29.6 Å². The van der Waals surface area contributed by atoms with Crippen molar-refractivity contribution in [2.24, 2.45) is 0 Å². The van der Waals surface area contributed by atoms with Crippen molar-refractivity contribution in [3.05, 3.63) is 102 Å². The first-order chi connectivity index (χ1) is 15.2. The van der Waals surface area contributed by atoms with Crippen LogP contribution < -0.4 is 5.32 Å². The van der Waals surface area contributed by atoms with Crippen molar-refractivity contribution in [2.75, 3.05) is 0 Å². The number of halogens is 1. The second kappa shape index (κ2) is 8.04. The molecule has 0 radical (unpaired) electrons. The third-order valence-corrected chi connectivity index (χ3v) is 5.12. The van der Waals surface area contributed by atoms with Gasteiger partial charge in [-0.1, -0.05) is 35.9 Å². The van der Waals surface area contributed by atoms with E-state index in [1.165, 1.54) is 6.20 Å². The number of nitrogens with one attached hydrogen (secondary N) is 1. The van der Waals surface area contributed by atoms with Crippen LogP contribution in [0.3, 0.4) is 0 Å². The highest BCUT2D eigenvalue weighted by molar-refractivity contribution is 6.30. The minimum Gasteiger partial charge on any atom is -0.348 e. The Morgan fingerprint density at radius 1 is 1.00 bits per heavy atom. The molecule has 0 fully saturated rings. The molecule has 5 aromatic rings. The second-order valence-electron chi connectivity index (χ2n) is 6.96. The van der Waals surface area contributed by atoms with Crippen molar-refractivity contribution in [2.45, 2.75) is 6.54 Å². The van der Waals surface area contributed by atoms with E-state index in [0.29, 0.717) is 17.1 Å². The zero-order valence-electron chi connectivity index (χ0n) is 16.3. The minimum absolute atomic E-state index is 0.210. The number of imidazole rings is 1. The monoisotopic (exact) mass is 428 g/mol. The molecule has 0 saturated heterocycles. The maximum absolute atomic E-state index is 12.5. The lowest BCUT2D eigenvalue weighted by Gasteiger charge is -2.06. The highest BCUT2D eigenvalue weighted by Gasteiger charge is 2.10. The fourth-order valence-corrected chi connectivity index (χ4v) is 3.47. The largest absolute Gasteiger partial charge is 0.348 e. The molecule has 1 N–H and O–H groups in total. The van der Waals surface area contributed by atoms with E-state index in [0.717, 1.165) is 28.1 Å². The summed E-state index contributed by atoms with van der Waals surface area (Å²) < 4.78 is 3.55. The molecule has 0 aliphatic heterocycles. The van der Waals surface area contributed by atoms with Gasteiger partial charge < -0.3 is 5.32 Å². The van der Waals surface area contributed by atoms with Gasteiger partial charge in [0.05, 0.1) is 28.5 Å². The van der Waals surface area contributed by atoms with E-state index in [9.17, 15) is 4.79 Å². The fourth-order valence-electron chi connectivity index (χ4n) is 3.29. The second-order valence-corrected chi connectivity index (χ2v) is 7.40. The third-order valence-electron chi connectivity index (χ3n) is 4.88. The Balaban J connectivity index is 1.26. The lowest BCUT2D eigenvalue weighted by molar-refractivity contribution is 0.0951. The summed E-state index contributed by atoms with van der Waals surface area (Å²) in [5.41, 5.74) is 4.06. The maximum atomic E-state index is 12.5. The van der Waals surface area contributed by atoms with Gasteiger partial charge in [0.2, 0.25) is 0 Å². The Morgan fingerprint density at radius 3 is 2.74 bits per heavy atom. The predicted molar refractivity (Wildman–Crippen MR) is 119 cm³/mol. The van der Waals surface area contributed by atoms with Gasteiger partial charge in [-0.3, -0.25) is 9.36 Å². The van der Waals surface area contributed by atoms with Crippen LogP contribution in [0.2, 0.25) is 5.02 Å². The summed E-state index contributed by atoms with van der Waals surface area (Å²) in [6, 6.07) is 19.0. The molecule has 3 aromatic heterocycles. The number of amides is 1. The van der Waals surface area contributed by atoms with Gasteiger partial charge in [0.1, 0.15) is 12.1 Å². The molecule has 2 aromatic carbocycles. The zero-order chi connectivity index (χ0) is 21.2. The van der Waals surface area contributed by atoms with Crippen LogP contribution >= 0.6 is 11.6 Å². The number of rotatable bonds is 5. The van der Waals surface area contributed by atoms with E-state index >= 15 is 0 Å². The Kier molecular flexibility index (Phi) is 4.93. The number of carbonyl (C=O) groups excluding carboxylic acids is 1. The Labute approximate surface area is 182 Å². The summed E-state index contributed by atoms with van der Waals surface area (Å²) >= 11 is 6.02. The number of hydrogen-bond donors (Lipinski definition) is 1. The van der Waals surface area contributed by atoms with Crippen molar-refractivity contribution >= 4 is 28.5 Å². The Hall–Kier alpha value is -3.97. The van der Waals surface area contributed by atoms with Crippen LogP contribution in [-0.4, -0.2) is 30.2 Å². The van der Waals surface area contributed by atoms with E-state index in [4.69, 9.17) is 11.6 Å². The molecule has 0 atom stereocenters. The first-order valence-corrected chi connectivity index (χ1v) is 10.0. The molecular weight excluding hydrogens is 412 g/mol. The van der Waals surface area contributed by atoms with E-state index in [1.807, 2.05) is 53.1 Å². The first-order valence-electron chi connectivity index (χ1n) is 9.63. The molecule has 152 valence electrons. The SMILES string of the molecule is O=C(NCc1ccc(-n2cnc3ccccc32)nc1)c1cnn(-c2cccc(Cl)c2)c1. The molecular formula is C23H17ClN6O. The number of fused-ring (bicyclic) bond motifs is 1. The molecule has 31 heavy (non-hydrogen) atoms. The van der Waals surface area contributed by atoms with E-state index in [1.54, 1.807) is 35.5 Å². The van der Waals surface area contributed by atoms with Crippen LogP contribution in [0.4, 0.5) is 0 Å². The predicted octanol–water partition coefficient (Wildman–Crippen LogP) is 4.19. The summed E-state index contributed by atoms with van der Waals surface area (Å²) in [4.78, 5) is 21.4. The van der Waals surface area contributed by atoms with Gasteiger partial charge in [0.25, 0.3) is 5.91 Å². The van der Waals surface area contributed by atoms with Crippen LogP contribution in [0.5, 0.6) is 0 Å². The van der Waals surface area contributed by atoms with Crippen LogP contribution in [0.15, 0.2) is 85.6 Å². The van der Waals surface area contributed by atoms with E-state index in [-0.39, 0.29) is 5.91 Å². The average molecular weight is 429 g/mol. The van der Waals surface area contributed by atoms with Crippen molar-refractivity contribution in [3.63, 3.8) is 0 Å². The molecule has 0 bridgehead atoms. The fraction of sp³-hybridized carbons (Fsp3) is 0.0435. The summed E-state index contributed by atoms with van der Waals surface area (Å²) in [5, 5.41) is 7.75. The normalized spacial score (nSPS) is 11.0.